The van der Waals surface area contributed by atoms with Crippen LogP contribution in [0.4, 0.5) is 11.6 Å². The second-order valence-corrected chi connectivity index (χ2v) is 12.7. The van der Waals surface area contributed by atoms with E-state index >= 15 is 0 Å². The van der Waals surface area contributed by atoms with Gasteiger partial charge in [0, 0.05) is 22.4 Å². The van der Waals surface area contributed by atoms with Crippen molar-refractivity contribution < 1.29 is 0 Å². The van der Waals surface area contributed by atoms with Gasteiger partial charge in [-0.1, -0.05) is 123 Å². The molecule has 8 rings (SSSR count). The number of hydrogen-bond acceptors (Lipinski definition) is 3. The van der Waals surface area contributed by atoms with Crippen LogP contribution >= 0.6 is 0 Å². The molecule has 2 unspecified atom stereocenters. The molecule has 0 N–H and O–H groups in total. The van der Waals surface area contributed by atoms with Gasteiger partial charge in [-0.25, -0.2) is 9.97 Å². The molecule has 0 radical (unpaired) electrons. The quantitative estimate of drug-likeness (QED) is 0.202. The highest BCUT2D eigenvalue weighted by molar-refractivity contribution is 5.92. The lowest BCUT2D eigenvalue weighted by atomic mass is 9.81. The van der Waals surface area contributed by atoms with Crippen molar-refractivity contribution in [1.82, 2.24) is 9.97 Å². The molecule has 1 aromatic heterocycles. The second-order valence-electron chi connectivity index (χ2n) is 12.7. The molecule has 3 nitrogen and oxygen atoms in total. The first-order valence-electron chi connectivity index (χ1n) is 15.5. The molecular weight excluding hydrogens is 534 g/mol. The molecule has 3 aliphatic rings. The molecule has 2 heterocycles. The van der Waals surface area contributed by atoms with Crippen LogP contribution in [0.5, 0.6) is 0 Å². The van der Waals surface area contributed by atoms with Crippen molar-refractivity contribution in [2.24, 2.45) is 0 Å². The van der Waals surface area contributed by atoms with E-state index < -0.39 is 0 Å². The van der Waals surface area contributed by atoms with Crippen molar-refractivity contribution >= 4 is 33.7 Å². The first-order valence-corrected chi connectivity index (χ1v) is 15.5. The first kappa shape index (κ1) is 26.6. The molecular formula is C41H35N3. The Balaban J connectivity index is 1.30. The lowest BCUT2D eigenvalue weighted by Crippen LogP contribution is -2.30. The number of hydrogen-bond donors (Lipinski definition) is 0. The highest BCUT2D eigenvalue weighted by Crippen LogP contribution is 2.55. The number of allylic oxidation sites excluding steroid dienone is 6. The van der Waals surface area contributed by atoms with E-state index in [-0.39, 0.29) is 17.4 Å². The molecule has 0 saturated heterocycles. The van der Waals surface area contributed by atoms with Gasteiger partial charge in [0.15, 0.2) is 0 Å². The van der Waals surface area contributed by atoms with Crippen LogP contribution in [0.15, 0.2) is 127 Å². The van der Waals surface area contributed by atoms with E-state index in [1.54, 1.807) is 0 Å². The molecule has 0 fully saturated rings. The molecule has 0 bridgehead atoms. The van der Waals surface area contributed by atoms with Gasteiger partial charge in [0.1, 0.15) is 0 Å². The van der Waals surface area contributed by atoms with Crippen LogP contribution in [0.25, 0.3) is 33.2 Å². The fraction of sp³-hybridized carbons (Fsp3) is 0.171. The van der Waals surface area contributed by atoms with Crippen LogP contribution in [0.2, 0.25) is 0 Å². The maximum atomic E-state index is 5.35. The van der Waals surface area contributed by atoms with E-state index in [0.717, 1.165) is 28.1 Å². The Hall–Kier alpha value is -5.02. The average molecular weight is 570 g/mol. The fourth-order valence-corrected chi connectivity index (χ4v) is 7.36. The van der Waals surface area contributed by atoms with Crippen molar-refractivity contribution in [2.75, 3.05) is 4.90 Å². The third-order valence-electron chi connectivity index (χ3n) is 9.75. The lowest BCUT2D eigenvalue weighted by molar-refractivity contribution is 0.660. The summed E-state index contributed by atoms with van der Waals surface area (Å²) in [6.45, 7) is 9.01. The van der Waals surface area contributed by atoms with Crippen LogP contribution in [0, 0.1) is 0 Å². The Kier molecular flexibility index (Phi) is 6.06. The SMILES string of the molecule is C/C(=C\C=C(/C)c1nc(N2c3cc4c(cc3C3C=CC=CC32)-c2ccccc2C4(C)C)nc2ccccc12)c1ccccc1. The molecule has 1 aliphatic heterocycles. The summed E-state index contributed by atoms with van der Waals surface area (Å²) in [5, 5.41) is 1.07. The number of anilines is 2. The monoisotopic (exact) mass is 569 g/mol. The summed E-state index contributed by atoms with van der Waals surface area (Å²) in [5.74, 6) is 0.986. The summed E-state index contributed by atoms with van der Waals surface area (Å²) in [7, 11) is 0. The number of rotatable bonds is 4. The Morgan fingerprint density at radius 1 is 0.727 bits per heavy atom. The summed E-state index contributed by atoms with van der Waals surface area (Å²) >= 11 is 0. The van der Waals surface area contributed by atoms with E-state index in [9.17, 15) is 0 Å². The van der Waals surface area contributed by atoms with E-state index in [0.29, 0.717) is 0 Å². The van der Waals surface area contributed by atoms with Crippen LogP contribution in [-0.2, 0) is 5.41 Å². The Morgan fingerprint density at radius 2 is 1.45 bits per heavy atom. The third-order valence-corrected chi connectivity index (χ3v) is 9.75. The van der Waals surface area contributed by atoms with Crippen molar-refractivity contribution in [2.45, 2.75) is 45.1 Å². The maximum absolute atomic E-state index is 5.35. The molecule has 3 heteroatoms. The minimum atomic E-state index is -0.0796. The summed E-state index contributed by atoms with van der Waals surface area (Å²) in [6.07, 6.45) is 13.4. The smallest absolute Gasteiger partial charge is 0.231 e. The van der Waals surface area contributed by atoms with Gasteiger partial charge in [0.25, 0.3) is 0 Å². The summed E-state index contributed by atoms with van der Waals surface area (Å²) in [6, 6.07) is 32.8. The topological polar surface area (TPSA) is 29.0 Å². The average Bonchev–Trinajstić information content (AvgIpc) is 3.50. The number of para-hydroxylation sites is 1. The Bertz CT molecular complexity index is 2080. The largest absolute Gasteiger partial charge is 0.302 e. The highest BCUT2D eigenvalue weighted by Gasteiger charge is 2.43. The highest BCUT2D eigenvalue weighted by atomic mass is 15.3. The second kappa shape index (κ2) is 10.0. The summed E-state index contributed by atoms with van der Waals surface area (Å²) < 4.78 is 0. The summed E-state index contributed by atoms with van der Waals surface area (Å²) in [4.78, 5) is 13.0. The minimum absolute atomic E-state index is 0.0796. The van der Waals surface area contributed by atoms with Crippen molar-refractivity contribution in [1.29, 1.82) is 0 Å². The van der Waals surface area contributed by atoms with Crippen molar-refractivity contribution in [3.63, 3.8) is 0 Å². The Labute approximate surface area is 259 Å². The molecule has 4 aromatic carbocycles. The number of aromatic nitrogens is 2. The van der Waals surface area contributed by atoms with Crippen molar-refractivity contribution in [3.05, 3.63) is 155 Å². The maximum Gasteiger partial charge on any atom is 0.231 e. The predicted molar refractivity (Wildman–Crippen MR) is 184 cm³/mol. The van der Waals surface area contributed by atoms with Gasteiger partial charge in [-0.05, 0) is 76.6 Å². The van der Waals surface area contributed by atoms with E-state index in [1.165, 1.54) is 44.6 Å². The molecule has 2 aliphatic carbocycles. The van der Waals surface area contributed by atoms with Gasteiger partial charge < -0.3 is 4.90 Å². The van der Waals surface area contributed by atoms with E-state index in [2.05, 4.69) is 160 Å². The normalized spacial score (nSPS) is 19.6. The fourth-order valence-electron chi connectivity index (χ4n) is 7.36. The molecule has 44 heavy (non-hydrogen) atoms. The van der Waals surface area contributed by atoms with Gasteiger partial charge in [-0.3, -0.25) is 0 Å². The van der Waals surface area contributed by atoms with Gasteiger partial charge in [0.05, 0.1) is 17.3 Å². The Morgan fingerprint density at radius 3 is 2.32 bits per heavy atom. The molecule has 5 aromatic rings. The number of benzene rings is 4. The summed E-state index contributed by atoms with van der Waals surface area (Å²) in [5.41, 5.74) is 13.4. The van der Waals surface area contributed by atoms with E-state index in [1.807, 2.05) is 0 Å². The van der Waals surface area contributed by atoms with Crippen LogP contribution in [-0.4, -0.2) is 16.0 Å². The molecule has 0 amide bonds. The standard InChI is InChI=1S/C41H35N3/c1-26(28-14-6-5-7-15-28)22-23-27(2)39-31-18-9-12-20-36(31)42-40(43-39)44-37-21-13-10-17-30(37)33-24-32-29-16-8-11-19-34(29)41(3,4)35(32)25-38(33)44/h5-25,30,37H,1-4H3/b26-22+,27-23+. The lowest BCUT2D eigenvalue weighted by Gasteiger charge is -2.28. The van der Waals surface area contributed by atoms with Gasteiger partial charge in [0.2, 0.25) is 5.95 Å². The molecule has 0 spiro atoms. The zero-order valence-corrected chi connectivity index (χ0v) is 25.6. The zero-order chi connectivity index (χ0) is 30.0. The number of fused-ring (bicyclic) bond motifs is 7. The predicted octanol–water partition coefficient (Wildman–Crippen LogP) is 10.2. The van der Waals surface area contributed by atoms with Crippen LogP contribution in [0.1, 0.15) is 61.6 Å². The van der Waals surface area contributed by atoms with Crippen LogP contribution in [0.3, 0.4) is 0 Å². The van der Waals surface area contributed by atoms with E-state index in [4.69, 9.17) is 9.97 Å². The van der Waals surface area contributed by atoms with Gasteiger partial charge in [-0.2, -0.15) is 0 Å². The number of nitrogens with zero attached hydrogens (tertiary/aromatic N) is 3. The first-order chi connectivity index (χ1) is 21.4. The minimum Gasteiger partial charge on any atom is -0.302 e. The van der Waals surface area contributed by atoms with Crippen molar-refractivity contribution in [3.8, 4) is 11.1 Å². The molecule has 214 valence electrons. The molecule has 2 atom stereocenters. The third kappa shape index (κ3) is 4.03. The molecule has 0 saturated carbocycles. The van der Waals surface area contributed by atoms with Crippen LogP contribution < -0.4 is 4.90 Å². The van der Waals surface area contributed by atoms with Gasteiger partial charge >= 0.3 is 0 Å². The van der Waals surface area contributed by atoms with Gasteiger partial charge in [-0.15, -0.1) is 0 Å². The zero-order valence-electron chi connectivity index (χ0n) is 25.6.